The Kier molecular flexibility index (Phi) is 3.81. The molecule has 1 fully saturated rings. The minimum atomic E-state index is 0.445. The number of rotatable bonds is 3. The van der Waals surface area contributed by atoms with E-state index in [2.05, 4.69) is 34.1 Å². The Morgan fingerprint density at radius 2 is 2.16 bits per heavy atom. The zero-order valence-electron chi connectivity index (χ0n) is 10.8. The molecule has 2 aromatic rings. The molecule has 2 heterocycles. The maximum Gasteiger partial charge on any atom is 0.0575 e. The summed E-state index contributed by atoms with van der Waals surface area (Å²) in [5.41, 5.74) is 2.46. The molecule has 0 saturated carbocycles. The summed E-state index contributed by atoms with van der Waals surface area (Å²) in [6.45, 7) is 2.08. The van der Waals surface area contributed by atoms with E-state index in [1.54, 1.807) is 0 Å². The Labute approximate surface area is 119 Å². The van der Waals surface area contributed by atoms with E-state index in [4.69, 9.17) is 11.6 Å². The average molecular weight is 273 g/mol. The van der Waals surface area contributed by atoms with Gasteiger partial charge in [0.1, 0.15) is 0 Å². The highest BCUT2D eigenvalue weighted by Gasteiger charge is 2.26. The number of aromatic nitrogens is 1. The van der Waals surface area contributed by atoms with Crippen LogP contribution >= 0.6 is 11.6 Å². The third-order valence-corrected chi connectivity index (χ3v) is 3.90. The van der Waals surface area contributed by atoms with Gasteiger partial charge in [-0.05, 0) is 49.2 Å². The molecule has 0 unspecified atom stereocenters. The summed E-state index contributed by atoms with van der Waals surface area (Å²) in [5.74, 6) is 0. The summed E-state index contributed by atoms with van der Waals surface area (Å²) in [4.78, 5) is 7.00. The van der Waals surface area contributed by atoms with Gasteiger partial charge in [-0.15, -0.1) is 0 Å². The Balaban J connectivity index is 1.77. The molecule has 1 aliphatic heterocycles. The molecule has 0 N–H and O–H groups in total. The molecule has 19 heavy (non-hydrogen) atoms. The molecule has 3 heteroatoms. The van der Waals surface area contributed by atoms with Crippen molar-refractivity contribution < 1.29 is 0 Å². The first-order valence-electron chi connectivity index (χ1n) is 6.72. The molecule has 2 nitrogen and oxygen atoms in total. The van der Waals surface area contributed by atoms with E-state index in [1.165, 1.54) is 24.1 Å². The van der Waals surface area contributed by atoms with Gasteiger partial charge in [0.05, 0.1) is 11.7 Å². The number of nitrogens with zero attached hydrogens (tertiary/aromatic N) is 2. The molecular weight excluding hydrogens is 256 g/mol. The van der Waals surface area contributed by atoms with Crippen molar-refractivity contribution in [3.63, 3.8) is 0 Å². The minimum absolute atomic E-state index is 0.445. The molecule has 1 aliphatic rings. The fraction of sp³-hybridized carbons (Fsp3) is 0.312. The van der Waals surface area contributed by atoms with Gasteiger partial charge in [-0.1, -0.05) is 29.8 Å². The Morgan fingerprint density at radius 1 is 1.21 bits per heavy atom. The summed E-state index contributed by atoms with van der Waals surface area (Å²) < 4.78 is 0. The molecular formula is C16H17ClN2. The van der Waals surface area contributed by atoms with Crippen molar-refractivity contribution in [2.45, 2.75) is 25.4 Å². The zero-order valence-corrected chi connectivity index (χ0v) is 11.6. The van der Waals surface area contributed by atoms with Gasteiger partial charge in [0.25, 0.3) is 0 Å². The fourth-order valence-electron chi connectivity index (χ4n) is 2.79. The lowest BCUT2D eigenvalue weighted by molar-refractivity contribution is 0.244. The van der Waals surface area contributed by atoms with E-state index >= 15 is 0 Å². The normalized spacial score (nSPS) is 19.7. The molecule has 98 valence electrons. The van der Waals surface area contributed by atoms with Crippen molar-refractivity contribution in [1.82, 2.24) is 9.88 Å². The van der Waals surface area contributed by atoms with Crippen LogP contribution in [0.4, 0.5) is 0 Å². The first kappa shape index (κ1) is 12.6. The largest absolute Gasteiger partial charge is 0.291 e. The van der Waals surface area contributed by atoms with E-state index in [1.807, 2.05) is 24.4 Å². The van der Waals surface area contributed by atoms with Crippen LogP contribution in [0.25, 0.3) is 0 Å². The van der Waals surface area contributed by atoms with Crippen LogP contribution in [0.3, 0.4) is 0 Å². The highest BCUT2D eigenvalue weighted by molar-refractivity contribution is 6.30. The van der Waals surface area contributed by atoms with Crippen LogP contribution in [0.1, 0.15) is 30.1 Å². The Bertz CT molecular complexity index is 541. The molecule has 0 bridgehead atoms. The number of halogens is 1. The first-order chi connectivity index (χ1) is 9.33. The van der Waals surface area contributed by atoms with Crippen LogP contribution in [0.5, 0.6) is 0 Å². The van der Waals surface area contributed by atoms with Gasteiger partial charge in [-0.2, -0.15) is 0 Å². The molecule has 3 rings (SSSR count). The highest BCUT2D eigenvalue weighted by Crippen LogP contribution is 2.32. The summed E-state index contributed by atoms with van der Waals surface area (Å²) in [6.07, 6.45) is 4.31. The van der Waals surface area contributed by atoms with Crippen LogP contribution < -0.4 is 0 Å². The van der Waals surface area contributed by atoms with Crippen LogP contribution in [0, 0.1) is 0 Å². The van der Waals surface area contributed by atoms with E-state index in [0.29, 0.717) is 6.04 Å². The molecule has 0 amide bonds. The lowest BCUT2D eigenvalue weighted by atomic mass is 10.1. The second-order valence-corrected chi connectivity index (χ2v) is 5.45. The van der Waals surface area contributed by atoms with E-state index < -0.39 is 0 Å². The number of hydrogen-bond acceptors (Lipinski definition) is 2. The predicted molar refractivity (Wildman–Crippen MR) is 78.1 cm³/mol. The monoisotopic (exact) mass is 272 g/mol. The predicted octanol–water partition coefficient (Wildman–Crippen LogP) is 4.07. The highest BCUT2D eigenvalue weighted by atomic mass is 35.5. The first-order valence-corrected chi connectivity index (χ1v) is 7.10. The number of pyridine rings is 1. The van der Waals surface area contributed by atoms with Gasteiger partial charge in [-0.3, -0.25) is 9.88 Å². The van der Waals surface area contributed by atoms with E-state index in [0.717, 1.165) is 18.1 Å². The van der Waals surface area contributed by atoms with Gasteiger partial charge in [0.15, 0.2) is 0 Å². The second kappa shape index (κ2) is 5.72. The van der Waals surface area contributed by atoms with Crippen molar-refractivity contribution in [1.29, 1.82) is 0 Å². The summed E-state index contributed by atoms with van der Waals surface area (Å²) in [7, 11) is 0. The maximum atomic E-state index is 6.05. The van der Waals surface area contributed by atoms with Crippen molar-refractivity contribution in [2.24, 2.45) is 0 Å². The number of benzene rings is 1. The van der Waals surface area contributed by atoms with Crippen molar-refractivity contribution in [3.05, 3.63) is 64.9 Å². The lowest BCUT2D eigenvalue weighted by Gasteiger charge is -2.24. The van der Waals surface area contributed by atoms with Gasteiger partial charge in [0, 0.05) is 17.8 Å². The van der Waals surface area contributed by atoms with E-state index in [9.17, 15) is 0 Å². The number of hydrogen-bond donors (Lipinski definition) is 0. The number of likely N-dealkylation sites (tertiary alicyclic amines) is 1. The van der Waals surface area contributed by atoms with Crippen LogP contribution in [0.2, 0.25) is 5.02 Å². The third kappa shape index (κ3) is 2.96. The molecule has 0 aliphatic carbocycles. The summed E-state index contributed by atoms with van der Waals surface area (Å²) >= 11 is 6.05. The van der Waals surface area contributed by atoms with E-state index in [-0.39, 0.29) is 0 Å². The molecule has 0 radical (unpaired) electrons. The van der Waals surface area contributed by atoms with Gasteiger partial charge in [0.2, 0.25) is 0 Å². The fourth-order valence-corrected chi connectivity index (χ4v) is 3.01. The molecule has 1 aromatic carbocycles. The van der Waals surface area contributed by atoms with Crippen LogP contribution in [-0.2, 0) is 6.54 Å². The molecule has 1 atom stereocenters. The molecule has 1 saturated heterocycles. The van der Waals surface area contributed by atoms with Crippen molar-refractivity contribution >= 4 is 11.6 Å². The van der Waals surface area contributed by atoms with Gasteiger partial charge >= 0.3 is 0 Å². The molecule has 0 spiro atoms. The van der Waals surface area contributed by atoms with Crippen LogP contribution in [0.15, 0.2) is 48.7 Å². The van der Waals surface area contributed by atoms with Crippen molar-refractivity contribution in [3.8, 4) is 0 Å². The summed E-state index contributed by atoms with van der Waals surface area (Å²) in [6, 6.07) is 14.7. The van der Waals surface area contributed by atoms with Crippen molar-refractivity contribution in [2.75, 3.05) is 6.54 Å². The summed E-state index contributed by atoms with van der Waals surface area (Å²) in [5, 5.41) is 0.811. The standard InChI is InChI=1S/C16H17ClN2/c17-14-6-3-5-13(11-14)12-19-10-4-8-16(19)15-7-1-2-9-18-15/h1-3,5-7,9,11,16H,4,8,10,12H2/t16-/m1/s1. The Morgan fingerprint density at radius 3 is 2.95 bits per heavy atom. The topological polar surface area (TPSA) is 16.1 Å². The Hall–Kier alpha value is -1.38. The third-order valence-electron chi connectivity index (χ3n) is 3.67. The minimum Gasteiger partial charge on any atom is -0.291 e. The average Bonchev–Trinajstić information content (AvgIpc) is 2.88. The van der Waals surface area contributed by atoms with Crippen LogP contribution in [-0.4, -0.2) is 16.4 Å². The molecule has 1 aromatic heterocycles. The smallest absolute Gasteiger partial charge is 0.0575 e. The van der Waals surface area contributed by atoms with Gasteiger partial charge < -0.3 is 0 Å². The SMILES string of the molecule is Clc1cccc(CN2CCC[C@@H]2c2ccccn2)c1. The zero-order chi connectivity index (χ0) is 13.1. The second-order valence-electron chi connectivity index (χ2n) is 5.01. The van der Waals surface area contributed by atoms with Gasteiger partial charge in [-0.25, -0.2) is 0 Å². The maximum absolute atomic E-state index is 6.05. The lowest BCUT2D eigenvalue weighted by Crippen LogP contribution is -2.23. The quantitative estimate of drug-likeness (QED) is 0.837.